The highest BCUT2D eigenvalue weighted by molar-refractivity contribution is 5.87. The second-order valence-corrected chi connectivity index (χ2v) is 3.17. The van der Waals surface area contributed by atoms with E-state index in [9.17, 15) is 14.4 Å². The lowest BCUT2D eigenvalue weighted by Gasteiger charge is -2.07. The van der Waals surface area contributed by atoms with Crippen LogP contribution in [0, 0.1) is 0 Å². The summed E-state index contributed by atoms with van der Waals surface area (Å²) in [5.41, 5.74) is -0.360. The van der Waals surface area contributed by atoms with Crippen molar-refractivity contribution in [3.63, 3.8) is 0 Å². The Kier molecular flexibility index (Phi) is 5.16. The predicted octanol–water partition coefficient (Wildman–Crippen LogP) is -1.18. The molecule has 1 aromatic heterocycles. The molecule has 0 unspecified atom stereocenters. The maximum atomic E-state index is 11.3. The average molecular weight is 254 g/mol. The number of aromatic nitrogens is 2. The highest BCUT2D eigenvalue weighted by Crippen LogP contribution is 1.89. The molecule has 1 aromatic rings. The second kappa shape index (κ2) is 6.89. The van der Waals surface area contributed by atoms with E-state index >= 15 is 0 Å². The van der Waals surface area contributed by atoms with Gasteiger partial charge in [0.05, 0.1) is 0 Å². The zero-order valence-electron chi connectivity index (χ0n) is 9.74. The van der Waals surface area contributed by atoms with Crippen molar-refractivity contribution in [2.45, 2.75) is 0 Å². The van der Waals surface area contributed by atoms with Gasteiger partial charge >= 0.3 is 12.1 Å². The number of aromatic amines is 1. The van der Waals surface area contributed by atoms with Gasteiger partial charge in [-0.2, -0.15) is 0 Å². The first-order valence-electron chi connectivity index (χ1n) is 5.17. The number of nitrogens with one attached hydrogen (secondary N) is 5. The van der Waals surface area contributed by atoms with Gasteiger partial charge in [0.15, 0.2) is 0 Å². The van der Waals surface area contributed by atoms with Gasteiger partial charge in [-0.1, -0.05) is 0 Å². The Morgan fingerprint density at radius 2 is 1.94 bits per heavy atom. The molecule has 0 radical (unpaired) electrons. The summed E-state index contributed by atoms with van der Waals surface area (Å²) in [5, 5.41) is 9.68. The van der Waals surface area contributed by atoms with Gasteiger partial charge in [-0.15, -0.1) is 0 Å². The van der Waals surface area contributed by atoms with Gasteiger partial charge in [-0.25, -0.2) is 14.6 Å². The Bertz CT molecular complexity index is 471. The normalized spacial score (nSPS) is 9.39. The highest BCUT2D eigenvalue weighted by Gasteiger charge is 2.02. The largest absolute Gasteiger partial charge is 0.341 e. The molecule has 1 heterocycles. The first-order chi connectivity index (χ1) is 8.61. The number of rotatable bonds is 4. The second-order valence-electron chi connectivity index (χ2n) is 3.17. The zero-order valence-corrected chi connectivity index (χ0v) is 9.74. The summed E-state index contributed by atoms with van der Waals surface area (Å²) >= 11 is 0. The lowest BCUT2D eigenvalue weighted by molar-refractivity contribution is 0.241. The molecule has 0 spiro atoms. The Labute approximate surface area is 102 Å². The van der Waals surface area contributed by atoms with Gasteiger partial charge in [-0.05, 0) is 0 Å². The minimum Gasteiger partial charge on any atom is -0.341 e. The third-order valence-corrected chi connectivity index (χ3v) is 1.83. The molecule has 5 N–H and O–H groups in total. The molecule has 9 nitrogen and oxygen atoms in total. The fourth-order valence-corrected chi connectivity index (χ4v) is 1.03. The van der Waals surface area contributed by atoms with Crippen molar-refractivity contribution in [1.29, 1.82) is 0 Å². The smallest absolute Gasteiger partial charge is 0.321 e. The van der Waals surface area contributed by atoms with Crippen LogP contribution < -0.4 is 26.8 Å². The van der Waals surface area contributed by atoms with Crippen LogP contribution in [0.2, 0.25) is 0 Å². The molecule has 4 amide bonds. The van der Waals surface area contributed by atoms with E-state index in [0.717, 1.165) is 0 Å². The van der Waals surface area contributed by atoms with E-state index < -0.39 is 6.03 Å². The molecule has 0 fully saturated rings. The van der Waals surface area contributed by atoms with E-state index in [-0.39, 0.29) is 30.6 Å². The number of carbonyl (C=O) groups excluding carboxylic acids is 2. The van der Waals surface area contributed by atoms with Crippen molar-refractivity contribution in [1.82, 2.24) is 25.9 Å². The summed E-state index contributed by atoms with van der Waals surface area (Å²) < 4.78 is 0. The number of hydrogen-bond donors (Lipinski definition) is 5. The van der Waals surface area contributed by atoms with Crippen LogP contribution in [0.15, 0.2) is 17.1 Å². The number of urea groups is 2. The van der Waals surface area contributed by atoms with Crippen LogP contribution in [0.5, 0.6) is 0 Å². The Morgan fingerprint density at radius 3 is 2.56 bits per heavy atom. The Balaban J connectivity index is 2.26. The minimum atomic E-state index is -0.525. The fraction of sp³-hybridized carbons (Fsp3) is 0.333. The lowest BCUT2D eigenvalue weighted by atomic mass is 10.6. The summed E-state index contributed by atoms with van der Waals surface area (Å²) in [7, 11) is 1.49. The van der Waals surface area contributed by atoms with Crippen LogP contribution in [0.25, 0.3) is 0 Å². The average Bonchev–Trinajstić information content (AvgIpc) is 2.34. The van der Waals surface area contributed by atoms with E-state index in [1.807, 2.05) is 0 Å². The van der Waals surface area contributed by atoms with Crippen LogP contribution in [-0.4, -0.2) is 42.2 Å². The Morgan fingerprint density at radius 1 is 1.28 bits per heavy atom. The maximum Gasteiger partial charge on any atom is 0.321 e. The molecule has 0 atom stereocenters. The molecule has 0 aliphatic carbocycles. The number of amides is 4. The van der Waals surface area contributed by atoms with Crippen LogP contribution in [0.1, 0.15) is 0 Å². The predicted molar refractivity (Wildman–Crippen MR) is 64.3 cm³/mol. The lowest BCUT2D eigenvalue weighted by Crippen LogP contribution is -2.40. The molecule has 0 aromatic carbocycles. The van der Waals surface area contributed by atoms with E-state index in [4.69, 9.17) is 0 Å². The quantitative estimate of drug-likeness (QED) is 0.433. The molecule has 98 valence electrons. The number of nitrogens with zero attached hydrogens (tertiary/aromatic N) is 1. The SMILES string of the molecule is CNC(=O)NCCNC(=O)Nc1nccc(=O)[nH]1. The van der Waals surface area contributed by atoms with Gasteiger partial charge in [0.1, 0.15) is 0 Å². The molecule has 9 heteroatoms. The van der Waals surface area contributed by atoms with Crippen molar-refractivity contribution in [2.75, 3.05) is 25.5 Å². The Hall–Kier alpha value is -2.58. The molecule has 0 bridgehead atoms. The minimum absolute atomic E-state index is 0.0549. The van der Waals surface area contributed by atoms with Crippen molar-refractivity contribution < 1.29 is 9.59 Å². The number of H-pyrrole nitrogens is 1. The highest BCUT2D eigenvalue weighted by atomic mass is 16.2. The van der Waals surface area contributed by atoms with Gasteiger partial charge in [0, 0.05) is 32.4 Å². The van der Waals surface area contributed by atoms with Crippen LogP contribution in [0.3, 0.4) is 0 Å². The number of anilines is 1. The molecule has 1 rings (SSSR count). The number of carbonyl (C=O) groups is 2. The third kappa shape index (κ3) is 4.96. The van der Waals surface area contributed by atoms with E-state index in [0.29, 0.717) is 0 Å². The molecule has 0 saturated heterocycles. The number of hydrogen-bond acceptors (Lipinski definition) is 4. The molecule has 18 heavy (non-hydrogen) atoms. The van der Waals surface area contributed by atoms with Gasteiger partial charge in [0.25, 0.3) is 5.56 Å². The monoisotopic (exact) mass is 254 g/mol. The van der Waals surface area contributed by atoms with Gasteiger partial charge in [0.2, 0.25) is 5.95 Å². The fourth-order valence-electron chi connectivity index (χ4n) is 1.03. The first-order valence-corrected chi connectivity index (χ1v) is 5.17. The maximum absolute atomic E-state index is 11.3. The van der Waals surface area contributed by atoms with Crippen molar-refractivity contribution >= 4 is 18.0 Å². The van der Waals surface area contributed by atoms with E-state index in [1.165, 1.54) is 19.3 Å². The standard InChI is InChI=1S/C9H14N6O3/c1-10-8(17)12-4-5-13-9(18)15-7-11-3-2-6(16)14-7/h2-3H,4-5H2,1H3,(H2,10,12,17)(H3,11,13,14,15,16,18). The van der Waals surface area contributed by atoms with Crippen molar-refractivity contribution in [2.24, 2.45) is 0 Å². The van der Waals surface area contributed by atoms with Crippen molar-refractivity contribution in [3.05, 3.63) is 22.6 Å². The first kappa shape index (κ1) is 13.5. The molecule has 0 aliphatic heterocycles. The summed E-state index contributed by atoms with van der Waals surface area (Å²) in [6, 6.07) is 0.380. The van der Waals surface area contributed by atoms with Crippen LogP contribution in [0.4, 0.5) is 15.5 Å². The topological polar surface area (TPSA) is 128 Å². The van der Waals surface area contributed by atoms with E-state index in [2.05, 4.69) is 31.2 Å². The molecule has 0 saturated carbocycles. The van der Waals surface area contributed by atoms with Crippen LogP contribution in [-0.2, 0) is 0 Å². The summed E-state index contributed by atoms with van der Waals surface area (Å²) in [6.07, 6.45) is 1.28. The molecular formula is C9H14N6O3. The summed E-state index contributed by atoms with van der Waals surface area (Å²) in [4.78, 5) is 39.1. The van der Waals surface area contributed by atoms with Gasteiger partial charge in [-0.3, -0.25) is 15.1 Å². The summed E-state index contributed by atoms with van der Waals surface area (Å²) in [5.74, 6) is 0.0549. The summed E-state index contributed by atoms with van der Waals surface area (Å²) in [6.45, 7) is 0.530. The van der Waals surface area contributed by atoms with E-state index in [1.54, 1.807) is 0 Å². The van der Waals surface area contributed by atoms with Crippen molar-refractivity contribution in [3.8, 4) is 0 Å². The van der Waals surface area contributed by atoms with Crippen LogP contribution >= 0.6 is 0 Å². The third-order valence-electron chi connectivity index (χ3n) is 1.83. The molecule has 0 aliphatic rings. The zero-order chi connectivity index (χ0) is 13.4. The van der Waals surface area contributed by atoms with Gasteiger partial charge < -0.3 is 16.0 Å². The molecular weight excluding hydrogens is 240 g/mol.